The Morgan fingerprint density at radius 1 is 1.30 bits per heavy atom. The number of aromatic amines is 1. The van der Waals surface area contributed by atoms with Crippen molar-refractivity contribution in [1.82, 2.24) is 30.4 Å². The van der Waals surface area contributed by atoms with E-state index >= 15 is 0 Å². The minimum atomic E-state index is -1.23. The van der Waals surface area contributed by atoms with E-state index in [0.717, 1.165) is 22.6 Å². The Morgan fingerprint density at radius 2 is 2.08 bits per heavy atom. The summed E-state index contributed by atoms with van der Waals surface area (Å²) in [4.78, 5) is 52.6. The number of methoxy groups -OCH3 is 1. The number of carboxylic acid groups (broad SMARTS) is 1. The predicted octanol–water partition coefficient (Wildman–Crippen LogP) is 1.40. The molecule has 14 nitrogen and oxygen atoms in total. The number of nitrogens with zero attached hydrogens (tertiary/aromatic N) is 5. The smallest absolute Gasteiger partial charge is 0.352 e. The summed E-state index contributed by atoms with van der Waals surface area (Å²) in [7, 11) is 2.86. The fourth-order valence-corrected chi connectivity index (χ4v) is 6.87. The van der Waals surface area contributed by atoms with E-state index in [1.807, 2.05) is 24.3 Å². The summed E-state index contributed by atoms with van der Waals surface area (Å²) in [5.41, 5.74) is 6.98. The van der Waals surface area contributed by atoms with E-state index in [1.54, 1.807) is 12.5 Å². The van der Waals surface area contributed by atoms with Crippen molar-refractivity contribution in [2.75, 3.05) is 31.5 Å². The number of ether oxygens (including phenoxy) is 1. The number of thioether (sulfide) groups is 2. The first-order chi connectivity index (χ1) is 19.3. The van der Waals surface area contributed by atoms with Gasteiger partial charge in [-0.05, 0) is 29.8 Å². The Labute approximate surface area is 239 Å². The number of carboxylic acids is 1. The van der Waals surface area contributed by atoms with Crippen molar-refractivity contribution in [2.24, 2.45) is 5.16 Å². The number of aliphatic carboxylic acids is 1. The van der Waals surface area contributed by atoms with Crippen LogP contribution in [0.1, 0.15) is 5.69 Å². The van der Waals surface area contributed by atoms with Crippen LogP contribution in [0, 0.1) is 0 Å². The lowest BCUT2D eigenvalue weighted by Gasteiger charge is -2.49. The average molecular weight is 603 g/mol. The highest BCUT2D eigenvalue weighted by Crippen LogP contribution is 2.41. The molecule has 0 spiro atoms. The summed E-state index contributed by atoms with van der Waals surface area (Å²) in [6.07, 6.45) is 0. The summed E-state index contributed by atoms with van der Waals surface area (Å²) < 4.78 is 5.17. The Morgan fingerprint density at radius 3 is 2.73 bits per heavy atom. The number of benzene rings is 1. The van der Waals surface area contributed by atoms with Crippen LogP contribution >= 0.6 is 34.9 Å². The normalized spacial score (nSPS) is 18.7. The largest absolute Gasteiger partial charge is 0.497 e. The second kappa shape index (κ2) is 11.6. The Kier molecular flexibility index (Phi) is 7.95. The average Bonchev–Trinajstić information content (AvgIpc) is 3.61. The highest BCUT2D eigenvalue weighted by molar-refractivity contribution is 8.01. The van der Waals surface area contributed by atoms with Crippen LogP contribution in [0.4, 0.5) is 5.13 Å². The first-order valence-corrected chi connectivity index (χ1v) is 14.4. The molecular formula is C23H22N8O6S3. The summed E-state index contributed by atoms with van der Waals surface area (Å²) >= 11 is 3.73. The molecule has 5 N–H and O–H groups in total. The molecule has 0 bridgehead atoms. The summed E-state index contributed by atoms with van der Waals surface area (Å²) in [6, 6.07) is 6.36. The number of amides is 2. The second-order valence-electron chi connectivity index (χ2n) is 8.30. The van der Waals surface area contributed by atoms with Gasteiger partial charge in [-0.3, -0.25) is 19.6 Å². The molecule has 1 saturated heterocycles. The minimum Gasteiger partial charge on any atom is -0.497 e. The van der Waals surface area contributed by atoms with Crippen molar-refractivity contribution in [3.63, 3.8) is 0 Å². The quantitative estimate of drug-likeness (QED) is 0.113. The van der Waals surface area contributed by atoms with E-state index in [9.17, 15) is 19.5 Å². The van der Waals surface area contributed by atoms with Crippen molar-refractivity contribution in [3.05, 3.63) is 46.6 Å². The molecule has 1 fully saturated rings. The first kappa shape index (κ1) is 27.5. The zero-order chi connectivity index (χ0) is 28.4. The van der Waals surface area contributed by atoms with Gasteiger partial charge in [0.1, 0.15) is 35.7 Å². The van der Waals surface area contributed by atoms with Crippen LogP contribution < -0.4 is 15.8 Å². The number of hydrogen-bond acceptors (Lipinski definition) is 13. The molecule has 40 heavy (non-hydrogen) atoms. The number of nitrogens with two attached hydrogens (primary N) is 1. The summed E-state index contributed by atoms with van der Waals surface area (Å²) in [5, 5.41) is 25.0. The monoisotopic (exact) mass is 602 g/mol. The van der Waals surface area contributed by atoms with Gasteiger partial charge >= 0.3 is 5.97 Å². The first-order valence-electron chi connectivity index (χ1n) is 11.5. The molecule has 17 heteroatoms. The van der Waals surface area contributed by atoms with E-state index in [-0.39, 0.29) is 28.0 Å². The van der Waals surface area contributed by atoms with Crippen LogP contribution in [0.2, 0.25) is 0 Å². The predicted molar refractivity (Wildman–Crippen MR) is 149 cm³/mol. The number of thiazole rings is 1. The second-order valence-corrected chi connectivity index (χ2v) is 11.2. The van der Waals surface area contributed by atoms with Gasteiger partial charge in [-0.15, -0.1) is 28.2 Å². The Balaban J connectivity index is 1.27. The highest BCUT2D eigenvalue weighted by Gasteiger charge is 2.54. The number of nitrogen functional groups attached to an aromatic ring is 1. The number of anilines is 1. The maximum atomic E-state index is 13.0. The fourth-order valence-electron chi connectivity index (χ4n) is 4.04. The van der Waals surface area contributed by atoms with Gasteiger partial charge < -0.3 is 25.7 Å². The van der Waals surface area contributed by atoms with Crippen LogP contribution in [0.25, 0.3) is 11.4 Å². The number of aromatic nitrogens is 4. The van der Waals surface area contributed by atoms with Crippen molar-refractivity contribution in [2.45, 2.75) is 16.6 Å². The molecule has 5 rings (SSSR count). The number of fused-ring (bicyclic) bond motifs is 1. The van der Waals surface area contributed by atoms with E-state index in [0.29, 0.717) is 22.3 Å². The van der Waals surface area contributed by atoms with Crippen LogP contribution in [-0.4, -0.2) is 90.8 Å². The van der Waals surface area contributed by atoms with Gasteiger partial charge in [0.05, 0.1) is 7.11 Å². The lowest BCUT2D eigenvalue weighted by Crippen LogP contribution is -2.71. The van der Waals surface area contributed by atoms with Gasteiger partial charge in [0.2, 0.25) is 5.16 Å². The number of β-lactam (4-membered cyclic amide) rings is 1. The number of oxime groups is 1. The minimum absolute atomic E-state index is 0.101. The SMILES string of the molecule is CO/N=C(/C(=O)N[C@@H]1C(=O)N2C(C(=O)O)=C(CSc3n[nH]c(-c4ccc(OC)cc4)n3)CSC12)c1csc(N)n1. The molecule has 0 radical (unpaired) electrons. The van der Waals surface area contributed by atoms with E-state index in [1.165, 1.54) is 35.5 Å². The number of nitrogens with one attached hydrogen (secondary N) is 2. The molecule has 2 amide bonds. The van der Waals surface area contributed by atoms with Crippen LogP contribution in [0.3, 0.4) is 0 Å². The zero-order valence-corrected chi connectivity index (χ0v) is 23.4. The third kappa shape index (κ3) is 5.34. The fraction of sp³-hybridized carbons (Fsp3) is 0.261. The van der Waals surface area contributed by atoms with Crippen molar-refractivity contribution < 1.29 is 29.1 Å². The topological polar surface area (TPSA) is 198 Å². The van der Waals surface area contributed by atoms with Crippen molar-refractivity contribution in [1.29, 1.82) is 0 Å². The number of hydrogen-bond donors (Lipinski definition) is 4. The van der Waals surface area contributed by atoms with Crippen molar-refractivity contribution in [3.8, 4) is 17.1 Å². The van der Waals surface area contributed by atoms with Gasteiger partial charge in [-0.1, -0.05) is 16.9 Å². The third-order valence-electron chi connectivity index (χ3n) is 5.90. The standard InChI is InChI=1S/C23H22N8O6S3/c1-36-12-5-3-10(4-6-12)17-27-23(29-28-17)40-8-11-7-38-20-15(19(33)31(20)16(11)21(34)35)26-18(32)14(30-37-2)13-9-39-22(24)25-13/h3-6,9,15,20H,7-8H2,1-2H3,(H2,24,25)(H,26,32)(H,34,35)(H,27,28,29)/b30-14+/t15-,20?/m1/s1. The van der Waals surface area contributed by atoms with Gasteiger partial charge in [0.25, 0.3) is 11.8 Å². The Hall–Kier alpha value is -4.09. The molecule has 2 aliphatic heterocycles. The van der Waals surface area contributed by atoms with Crippen LogP contribution in [-0.2, 0) is 19.2 Å². The van der Waals surface area contributed by atoms with Crippen LogP contribution in [0.5, 0.6) is 5.75 Å². The number of carbonyl (C=O) groups excluding carboxylic acids is 2. The molecule has 208 valence electrons. The van der Waals surface area contributed by atoms with Gasteiger partial charge in [-0.2, -0.15) is 0 Å². The molecule has 1 unspecified atom stereocenters. The third-order valence-corrected chi connectivity index (χ3v) is 8.85. The maximum Gasteiger partial charge on any atom is 0.352 e. The summed E-state index contributed by atoms with van der Waals surface area (Å²) in [6.45, 7) is 0. The number of rotatable bonds is 10. The van der Waals surface area contributed by atoms with Crippen LogP contribution in [0.15, 0.2) is 51.2 Å². The maximum absolute atomic E-state index is 13.0. The van der Waals surface area contributed by atoms with Gasteiger partial charge in [0, 0.05) is 22.4 Å². The molecule has 2 aromatic heterocycles. The number of carbonyl (C=O) groups is 3. The van der Waals surface area contributed by atoms with Crippen molar-refractivity contribution >= 4 is 63.5 Å². The lowest BCUT2D eigenvalue weighted by molar-refractivity contribution is -0.150. The van der Waals surface area contributed by atoms with Gasteiger partial charge in [0.15, 0.2) is 16.7 Å². The Bertz CT molecular complexity index is 1520. The molecule has 0 saturated carbocycles. The molecule has 0 aliphatic carbocycles. The molecule has 4 heterocycles. The lowest BCUT2D eigenvalue weighted by atomic mass is 10.0. The molecule has 2 atom stereocenters. The van der Waals surface area contributed by atoms with Gasteiger partial charge in [-0.25, -0.2) is 14.8 Å². The zero-order valence-electron chi connectivity index (χ0n) is 21.0. The van der Waals surface area contributed by atoms with E-state index in [4.69, 9.17) is 15.3 Å². The molecule has 1 aromatic carbocycles. The van der Waals surface area contributed by atoms with E-state index < -0.39 is 29.2 Å². The highest BCUT2D eigenvalue weighted by atomic mass is 32.2. The van der Waals surface area contributed by atoms with E-state index in [2.05, 4.69) is 30.6 Å². The number of H-pyrrole nitrogens is 1. The molecule has 3 aromatic rings. The molecular weight excluding hydrogens is 581 g/mol. The molecule has 2 aliphatic rings. The summed E-state index contributed by atoms with van der Waals surface area (Å²) in [5.74, 6) is -0.582.